The summed E-state index contributed by atoms with van der Waals surface area (Å²) in [6.45, 7) is 13.6. The van der Waals surface area contributed by atoms with Crippen LogP contribution in [-0.2, 0) is 4.74 Å². The zero-order chi connectivity index (χ0) is 18.2. The van der Waals surface area contributed by atoms with Crippen LogP contribution in [0.4, 0.5) is 4.79 Å². The number of nitrogens with zero attached hydrogens (tertiary/aromatic N) is 1. The molecule has 4 nitrogen and oxygen atoms in total. The number of amides is 1. The van der Waals surface area contributed by atoms with E-state index in [0.29, 0.717) is 13.2 Å². The van der Waals surface area contributed by atoms with E-state index in [1.807, 2.05) is 6.08 Å². The molecule has 2 unspecified atom stereocenters. The lowest BCUT2D eigenvalue weighted by Gasteiger charge is -2.44. The van der Waals surface area contributed by atoms with Gasteiger partial charge in [-0.1, -0.05) is 51.4 Å². The van der Waals surface area contributed by atoms with E-state index in [0.717, 1.165) is 38.1 Å². The first-order valence-corrected chi connectivity index (χ1v) is 12.8. The fourth-order valence-corrected chi connectivity index (χ4v) is 3.78. The Bertz CT molecular complexity index is 444. The van der Waals surface area contributed by atoms with E-state index < -0.39 is 14.3 Å². The molecule has 0 aromatic heterocycles. The Balaban J connectivity index is 2.52. The molecule has 138 valence electrons. The highest BCUT2D eigenvalue weighted by atomic mass is 28.3. The first-order chi connectivity index (χ1) is 11.2. The average Bonchev–Trinajstić information content (AvgIpc) is 2.48. The topological polar surface area (TPSA) is 49.8 Å². The fourth-order valence-electron chi connectivity index (χ4n) is 3.07. The number of rotatable bonds is 8. The molecule has 0 saturated carbocycles. The van der Waals surface area contributed by atoms with Crippen molar-refractivity contribution in [3.63, 3.8) is 0 Å². The van der Waals surface area contributed by atoms with Crippen molar-refractivity contribution in [1.82, 2.24) is 4.90 Å². The van der Waals surface area contributed by atoms with Crippen LogP contribution in [-0.4, -0.2) is 43.6 Å². The highest BCUT2D eigenvalue weighted by molar-refractivity contribution is 6.76. The average molecular weight is 354 g/mol. The largest absolute Gasteiger partial charge is 0.450 e. The van der Waals surface area contributed by atoms with Crippen molar-refractivity contribution < 1.29 is 14.6 Å². The molecule has 0 aromatic carbocycles. The van der Waals surface area contributed by atoms with Gasteiger partial charge in [0.2, 0.25) is 0 Å². The van der Waals surface area contributed by atoms with E-state index in [1.165, 1.54) is 4.90 Å². The predicted molar refractivity (Wildman–Crippen MR) is 103 cm³/mol. The van der Waals surface area contributed by atoms with Crippen molar-refractivity contribution in [2.75, 3.05) is 13.2 Å². The third-order valence-corrected chi connectivity index (χ3v) is 6.47. The van der Waals surface area contributed by atoms with Crippen LogP contribution >= 0.6 is 0 Å². The van der Waals surface area contributed by atoms with Crippen LogP contribution < -0.4 is 0 Å². The third-order valence-electron chi connectivity index (χ3n) is 4.77. The van der Waals surface area contributed by atoms with Crippen LogP contribution in [0.1, 0.15) is 39.0 Å². The molecule has 1 heterocycles. The second kappa shape index (κ2) is 9.42. The van der Waals surface area contributed by atoms with Crippen molar-refractivity contribution in [1.29, 1.82) is 0 Å². The Morgan fingerprint density at radius 3 is 2.79 bits per heavy atom. The van der Waals surface area contributed by atoms with Gasteiger partial charge in [-0.25, -0.2) is 4.79 Å². The summed E-state index contributed by atoms with van der Waals surface area (Å²) in [6.07, 6.45) is 9.41. The van der Waals surface area contributed by atoms with Gasteiger partial charge in [-0.3, -0.25) is 4.90 Å². The monoisotopic (exact) mass is 353 g/mol. The molecule has 0 radical (unpaired) electrons. The minimum absolute atomic E-state index is 0.252. The van der Waals surface area contributed by atoms with Gasteiger partial charge in [0, 0.05) is 20.0 Å². The summed E-state index contributed by atoms with van der Waals surface area (Å²) in [5.41, 5.74) is -0.252. The first-order valence-electron chi connectivity index (χ1n) is 9.09. The van der Waals surface area contributed by atoms with Crippen LogP contribution in [0.25, 0.3) is 0 Å². The van der Waals surface area contributed by atoms with Gasteiger partial charge in [0.25, 0.3) is 0 Å². The first kappa shape index (κ1) is 21.0. The number of unbranched alkanes of at least 4 members (excludes halogenated alkanes) is 1. The van der Waals surface area contributed by atoms with E-state index in [2.05, 4.69) is 39.2 Å². The Hall–Kier alpha value is -1.07. The zero-order valence-electron chi connectivity index (χ0n) is 15.9. The molecule has 1 aliphatic rings. The minimum Gasteiger partial charge on any atom is -0.450 e. The number of aliphatic hydroxyl groups excluding tert-OH is 1. The van der Waals surface area contributed by atoms with Gasteiger partial charge in [-0.05, 0) is 38.1 Å². The summed E-state index contributed by atoms with van der Waals surface area (Å²) in [5.74, 6) is 0. The molecule has 24 heavy (non-hydrogen) atoms. The van der Waals surface area contributed by atoms with Gasteiger partial charge in [0.15, 0.2) is 0 Å². The minimum atomic E-state index is -1.22. The van der Waals surface area contributed by atoms with Crippen molar-refractivity contribution in [3.8, 4) is 0 Å². The molecule has 1 N–H and O–H groups in total. The zero-order valence-corrected chi connectivity index (χ0v) is 16.9. The number of aliphatic hydroxyl groups is 1. The predicted octanol–water partition coefficient (Wildman–Crippen LogP) is 4.79. The van der Waals surface area contributed by atoms with E-state index in [1.54, 1.807) is 6.08 Å². The van der Waals surface area contributed by atoms with Crippen LogP contribution in [0.2, 0.25) is 25.7 Å². The molecule has 1 amide bonds. The van der Waals surface area contributed by atoms with Gasteiger partial charge in [-0.15, -0.1) is 0 Å². The van der Waals surface area contributed by atoms with Crippen LogP contribution in [0.3, 0.4) is 0 Å². The lowest BCUT2D eigenvalue weighted by molar-refractivity contribution is -0.106. The van der Waals surface area contributed by atoms with Crippen LogP contribution in [0.15, 0.2) is 24.8 Å². The number of ether oxygens (including phenoxy) is 1. The number of allylic oxidation sites excluding steroid dienone is 3. The molecular weight excluding hydrogens is 318 g/mol. The number of likely N-dealkylation sites (tertiary alicyclic amines) is 1. The summed E-state index contributed by atoms with van der Waals surface area (Å²) in [7, 11) is -1.22. The lowest BCUT2D eigenvalue weighted by Crippen LogP contribution is -2.53. The normalized spacial score (nSPS) is 25.0. The molecule has 0 bridgehead atoms. The van der Waals surface area contributed by atoms with Crippen molar-refractivity contribution in [3.05, 3.63) is 24.8 Å². The molecule has 1 fully saturated rings. The van der Waals surface area contributed by atoms with Gasteiger partial charge in [0.1, 0.15) is 6.23 Å². The Morgan fingerprint density at radius 2 is 2.17 bits per heavy atom. The maximum Gasteiger partial charge on any atom is 0.411 e. The second-order valence-corrected chi connectivity index (χ2v) is 13.9. The molecule has 1 rings (SSSR count). The Kier molecular flexibility index (Phi) is 8.23. The van der Waals surface area contributed by atoms with E-state index in [4.69, 9.17) is 4.74 Å². The molecule has 0 spiro atoms. The highest BCUT2D eigenvalue weighted by Gasteiger charge is 2.42. The molecule has 1 aliphatic heterocycles. The number of carbonyl (C=O) groups is 1. The molecule has 2 atom stereocenters. The smallest absolute Gasteiger partial charge is 0.411 e. The lowest BCUT2D eigenvalue weighted by atomic mass is 9.76. The van der Waals surface area contributed by atoms with Crippen molar-refractivity contribution in [2.24, 2.45) is 5.41 Å². The van der Waals surface area contributed by atoms with Gasteiger partial charge >= 0.3 is 6.09 Å². The van der Waals surface area contributed by atoms with Crippen LogP contribution in [0, 0.1) is 5.41 Å². The number of piperidine rings is 1. The SMILES string of the molecule is C=C/C=C/CCCC1(C)CCCN(C(=O)OCC[Si](C)(C)C)C1O. The maximum atomic E-state index is 12.3. The van der Waals surface area contributed by atoms with Crippen molar-refractivity contribution >= 4 is 14.2 Å². The molecule has 0 aromatic rings. The number of hydrogen-bond acceptors (Lipinski definition) is 3. The standard InChI is InChI=1S/C19H35NO3Si/c1-6-7-8-9-10-12-19(2)13-11-14-20(17(19)21)18(22)23-15-16-24(3,4)5/h6-8,17,21H,1,9-16H2,2-5H3/b8-7+. The summed E-state index contributed by atoms with van der Waals surface area (Å²) in [4.78, 5) is 13.9. The molecule has 0 aliphatic carbocycles. The van der Waals surface area contributed by atoms with Gasteiger partial charge < -0.3 is 9.84 Å². The fraction of sp³-hybridized carbons (Fsp3) is 0.737. The maximum absolute atomic E-state index is 12.3. The summed E-state index contributed by atoms with van der Waals surface area (Å²) in [6, 6.07) is 0.954. The third kappa shape index (κ3) is 6.81. The van der Waals surface area contributed by atoms with E-state index >= 15 is 0 Å². The molecule has 5 heteroatoms. The summed E-state index contributed by atoms with van der Waals surface area (Å²) < 4.78 is 5.42. The molecular formula is C19H35NO3Si. The van der Waals surface area contributed by atoms with Gasteiger partial charge in [-0.2, -0.15) is 0 Å². The van der Waals surface area contributed by atoms with E-state index in [9.17, 15) is 9.90 Å². The Morgan fingerprint density at radius 1 is 1.46 bits per heavy atom. The van der Waals surface area contributed by atoms with Crippen molar-refractivity contribution in [2.45, 2.75) is 70.9 Å². The number of hydrogen-bond donors (Lipinski definition) is 1. The second-order valence-electron chi connectivity index (χ2n) is 8.31. The molecule has 1 saturated heterocycles. The summed E-state index contributed by atoms with van der Waals surface area (Å²) in [5, 5.41) is 10.7. The van der Waals surface area contributed by atoms with Gasteiger partial charge in [0.05, 0.1) is 6.61 Å². The summed E-state index contributed by atoms with van der Waals surface area (Å²) >= 11 is 0. The van der Waals surface area contributed by atoms with E-state index in [-0.39, 0.29) is 11.5 Å². The quantitative estimate of drug-likeness (QED) is 0.387. The number of carbonyl (C=O) groups excluding carboxylic acids is 1. The van der Waals surface area contributed by atoms with Crippen LogP contribution in [0.5, 0.6) is 0 Å². The Labute approximate surface area is 148 Å². The highest BCUT2D eigenvalue weighted by Crippen LogP contribution is 2.39.